The SMILES string of the molecule is CCCC[C@]1(CC)CS(=O)(=O)c2ccc(O)cc2[C@@H](c2ccc(O)cc2)C1O.CCCC[C@]1(CC)CS(=O)(=O)c2ccc(OC)cc2[C@@H](c2ccc(O)cc2)C1O. The molecule has 0 saturated carbocycles. The zero-order valence-corrected chi connectivity index (χ0v) is 35.2. The molecule has 6 rings (SSSR count). The predicted molar refractivity (Wildman–Crippen MR) is 222 cm³/mol. The average Bonchev–Trinajstić information content (AvgIpc) is 3.31. The molecule has 2 unspecified atom stereocenters. The fourth-order valence-corrected chi connectivity index (χ4v) is 13.4. The third-order valence-electron chi connectivity index (χ3n) is 12.4. The van der Waals surface area contributed by atoms with Gasteiger partial charge >= 0.3 is 0 Å². The van der Waals surface area contributed by atoms with Crippen molar-refractivity contribution in [2.24, 2.45) is 10.8 Å². The molecule has 57 heavy (non-hydrogen) atoms. The lowest BCUT2D eigenvalue weighted by Crippen LogP contribution is -2.42. The van der Waals surface area contributed by atoms with Crippen molar-refractivity contribution in [3.63, 3.8) is 0 Å². The molecule has 10 nitrogen and oxygen atoms in total. The van der Waals surface area contributed by atoms with Gasteiger partial charge in [0, 0.05) is 22.7 Å². The second-order valence-corrected chi connectivity index (χ2v) is 19.7. The third kappa shape index (κ3) is 8.99. The Morgan fingerprint density at radius 2 is 0.965 bits per heavy atom. The van der Waals surface area contributed by atoms with E-state index in [1.54, 1.807) is 54.6 Å². The van der Waals surface area contributed by atoms with Gasteiger partial charge in [0.05, 0.1) is 40.6 Å². The first-order chi connectivity index (χ1) is 27.0. The van der Waals surface area contributed by atoms with Gasteiger partial charge in [-0.05, 0) is 109 Å². The molecule has 4 aromatic rings. The van der Waals surface area contributed by atoms with E-state index in [4.69, 9.17) is 4.74 Å². The highest BCUT2D eigenvalue weighted by molar-refractivity contribution is 7.91. The third-order valence-corrected chi connectivity index (χ3v) is 16.4. The molecule has 2 aliphatic heterocycles. The van der Waals surface area contributed by atoms with Gasteiger partial charge in [0.15, 0.2) is 19.7 Å². The van der Waals surface area contributed by atoms with Gasteiger partial charge in [0.1, 0.15) is 23.0 Å². The quantitative estimate of drug-likeness (QED) is 0.0990. The number of sulfone groups is 2. The summed E-state index contributed by atoms with van der Waals surface area (Å²) in [6.45, 7) is 8.00. The Morgan fingerprint density at radius 3 is 1.35 bits per heavy atom. The second-order valence-electron chi connectivity index (χ2n) is 15.8. The predicted octanol–water partition coefficient (Wildman–Crippen LogP) is 8.23. The molecule has 310 valence electrons. The minimum atomic E-state index is -3.65. The zero-order chi connectivity index (χ0) is 41.8. The summed E-state index contributed by atoms with van der Waals surface area (Å²) in [5.74, 6) is -0.608. The summed E-state index contributed by atoms with van der Waals surface area (Å²) >= 11 is 0. The van der Waals surface area contributed by atoms with Crippen molar-refractivity contribution in [2.45, 2.75) is 113 Å². The molecular weight excluding hydrogens is 765 g/mol. The molecule has 0 fully saturated rings. The van der Waals surface area contributed by atoms with Gasteiger partial charge < -0.3 is 30.3 Å². The van der Waals surface area contributed by atoms with Crippen LogP contribution in [0.5, 0.6) is 23.0 Å². The number of phenols is 3. The van der Waals surface area contributed by atoms with Gasteiger partial charge in [-0.1, -0.05) is 77.6 Å². The lowest BCUT2D eigenvalue weighted by molar-refractivity contribution is 0.0173. The summed E-state index contributed by atoms with van der Waals surface area (Å²) in [7, 11) is -5.71. The van der Waals surface area contributed by atoms with Crippen LogP contribution < -0.4 is 4.74 Å². The van der Waals surface area contributed by atoms with Crippen LogP contribution in [0.2, 0.25) is 0 Å². The van der Waals surface area contributed by atoms with E-state index in [1.807, 2.05) is 20.8 Å². The maximum atomic E-state index is 13.4. The van der Waals surface area contributed by atoms with Crippen LogP contribution in [0.15, 0.2) is 94.7 Å². The first-order valence-corrected chi connectivity index (χ1v) is 23.2. The Bertz CT molecular complexity index is 2200. The van der Waals surface area contributed by atoms with Crippen molar-refractivity contribution in [3.05, 3.63) is 107 Å². The second kappa shape index (κ2) is 17.8. The number of aliphatic hydroxyl groups is 2. The molecule has 0 aliphatic carbocycles. The van der Waals surface area contributed by atoms with Crippen LogP contribution in [0, 0.1) is 10.8 Å². The molecule has 2 heterocycles. The van der Waals surface area contributed by atoms with Crippen LogP contribution in [0.25, 0.3) is 0 Å². The molecule has 0 saturated heterocycles. The first-order valence-electron chi connectivity index (χ1n) is 19.9. The number of rotatable bonds is 11. The van der Waals surface area contributed by atoms with E-state index in [9.17, 15) is 42.4 Å². The molecule has 0 spiro atoms. The van der Waals surface area contributed by atoms with E-state index >= 15 is 0 Å². The maximum Gasteiger partial charge on any atom is 0.179 e. The van der Waals surface area contributed by atoms with Gasteiger partial charge in [-0.25, -0.2) is 16.8 Å². The van der Waals surface area contributed by atoms with Gasteiger partial charge in [-0.15, -0.1) is 0 Å². The molecule has 12 heteroatoms. The standard InChI is InChI=1S/C23H30O5S.C22H28O5S/c1-4-6-13-23(5-2)15-29(26,27)20-12-11-18(28-3)14-19(20)21(22(23)25)16-7-9-17(24)10-8-16;1-3-5-12-22(4-2)14-28(26,27)19-11-10-17(24)13-18(19)20(21(22)25)15-6-8-16(23)9-7-15/h7-12,14,21-22,24-25H,4-6,13,15H2,1-3H3;6-11,13,20-21,23-25H,3-5,12,14H2,1-2H3/t21-,22?,23-;20-,21?,22-/m11/s1. The van der Waals surface area contributed by atoms with E-state index in [0.29, 0.717) is 48.1 Å². The van der Waals surface area contributed by atoms with Crippen LogP contribution in [0.3, 0.4) is 0 Å². The molecule has 6 atom stereocenters. The first kappa shape index (κ1) is 44.0. The lowest BCUT2D eigenvalue weighted by atomic mass is 9.69. The van der Waals surface area contributed by atoms with Crippen molar-refractivity contribution < 1.29 is 47.1 Å². The molecule has 0 radical (unpaired) electrons. The van der Waals surface area contributed by atoms with E-state index in [1.165, 1.54) is 37.4 Å². The van der Waals surface area contributed by atoms with E-state index in [-0.39, 0.29) is 38.5 Å². The minimum Gasteiger partial charge on any atom is -0.508 e. The van der Waals surface area contributed by atoms with Crippen molar-refractivity contribution >= 4 is 19.7 Å². The Hall–Kier alpha value is -4.10. The highest BCUT2D eigenvalue weighted by Gasteiger charge is 2.50. The molecule has 0 amide bonds. The molecule has 2 aliphatic rings. The lowest BCUT2D eigenvalue weighted by Gasteiger charge is -2.39. The van der Waals surface area contributed by atoms with Crippen LogP contribution in [0.4, 0.5) is 0 Å². The topological polar surface area (TPSA) is 179 Å². The van der Waals surface area contributed by atoms with Gasteiger partial charge in [0.2, 0.25) is 0 Å². The van der Waals surface area contributed by atoms with Gasteiger partial charge in [-0.2, -0.15) is 0 Å². The Labute approximate surface area is 338 Å². The van der Waals surface area contributed by atoms with Crippen LogP contribution >= 0.6 is 0 Å². The number of methoxy groups -OCH3 is 1. The Balaban J connectivity index is 0.000000218. The smallest absolute Gasteiger partial charge is 0.179 e. The summed E-state index contributed by atoms with van der Waals surface area (Å²) < 4.78 is 58.8. The van der Waals surface area contributed by atoms with Crippen molar-refractivity contribution in [3.8, 4) is 23.0 Å². The average molecular weight is 823 g/mol. The molecule has 0 bridgehead atoms. The highest BCUT2D eigenvalue weighted by Crippen LogP contribution is 2.51. The number of benzene rings is 4. The Kier molecular flexibility index (Phi) is 13.7. The molecule has 4 aromatic carbocycles. The Morgan fingerprint density at radius 1 is 0.579 bits per heavy atom. The summed E-state index contributed by atoms with van der Waals surface area (Å²) in [6.07, 6.45) is 4.03. The summed E-state index contributed by atoms with van der Waals surface area (Å²) in [6, 6.07) is 22.3. The number of phenolic OH excluding ortho intramolecular Hbond substituents is 3. The van der Waals surface area contributed by atoms with Crippen LogP contribution in [-0.2, 0) is 19.7 Å². The normalized spacial score (nSPS) is 26.1. The molecular formula is C45H58O10S2. The molecule has 5 N–H and O–H groups in total. The van der Waals surface area contributed by atoms with E-state index < -0.39 is 54.5 Å². The summed E-state index contributed by atoms with van der Waals surface area (Å²) in [5.41, 5.74) is 0.912. The number of aromatic hydroxyl groups is 3. The van der Waals surface area contributed by atoms with E-state index in [2.05, 4.69) is 6.92 Å². The van der Waals surface area contributed by atoms with Crippen LogP contribution in [-0.4, -0.2) is 73.2 Å². The zero-order valence-electron chi connectivity index (χ0n) is 33.6. The number of hydrogen-bond donors (Lipinski definition) is 5. The largest absolute Gasteiger partial charge is 0.508 e. The summed E-state index contributed by atoms with van der Waals surface area (Å²) in [5, 5.41) is 52.7. The monoisotopic (exact) mass is 822 g/mol. The number of fused-ring (bicyclic) bond motifs is 2. The maximum absolute atomic E-state index is 13.4. The van der Waals surface area contributed by atoms with Gasteiger partial charge in [0.25, 0.3) is 0 Å². The van der Waals surface area contributed by atoms with E-state index in [0.717, 1.165) is 31.2 Å². The van der Waals surface area contributed by atoms with Crippen LogP contribution in [0.1, 0.15) is 113 Å². The summed E-state index contributed by atoms with van der Waals surface area (Å²) in [4.78, 5) is 0.413. The number of unbranched alkanes of at least 4 members (excludes halogenated alkanes) is 2. The highest BCUT2D eigenvalue weighted by atomic mass is 32.2. The molecule has 0 aromatic heterocycles. The number of ether oxygens (including phenoxy) is 1. The minimum absolute atomic E-state index is 0.0394. The van der Waals surface area contributed by atoms with Crippen molar-refractivity contribution in [2.75, 3.05) is 18.6 Å². The van der Waals surface area contributed by atoms with Crippen molar-refractivity contribution in [1.29, 1.82) is 0 Å². The van der Waals surface area contributed by atoms with Crippen molar-refractivity contribution in [1.82, 2.24) is 0 Å². The fourth-order valence-electron chi connectivity index (χ4n) is 8.93. The van der Waals surface area contributed by atoms with Gasteiger partial charge in [-0.3, -0.25) is 0 Å². The fraction of sp³-hybridized carbons (Fsp3) is 0.467. The number of aliphatic hydroxyl groups excluding tert-OH is 2. The number of hydrogen-bond acceptors (Lipinski definition) is 10.